The van der Waals surface area contributed by atoms with Gasteiger partial charge in [0.25, 0.3) is 5.91 Å². The maximum atomic E-state index is 12.9. The van der Waals surface area contributed by atoms with Crippen LogP contribution < -0.4 is 0 Å². The molecule has 1 atom stereocenters. The number of benzene rings is 1. The summed E-state index contributed by atoms with van der Waals surface area (Å²) >= 11 is 0. The van der Waals surface area contributed by atoms with Crippen LogP contribution in [0.1, 0.15) is 44.0 Å². The lowest BCUT2D eigenvalue weighted by atomic mass is 9.97. The lowest BCUT2D eigenvalue weighted by Crippen LogP contribution is -2.42. The largest absolute Gasteiger partial charge is 0.466 e. The highest BCUT2D eigenvalue weighted by Crippen LogP contribution is 2.22. The number of hydrogen-bond acceptors (Lipinski definition) is 5. The van der Waals surface area contributed by atoms with Crippen molar-refractivity contribution < 1.29 is 22.7 Å². The smallest absolute Gasteiger partial charge is 0.310 e. The first kappa shape index (κ1) is 21.4. The molecule has 0 aliphatic carbocycles. The summed E-state index contributed by atoms with van der Waals surface area (Å²) in [7, 11) is -2.15. The van der Waals surface area contributed by atoms with Gasteiger partial charge in [0.15, 0.2) is 0 Å². The maximum Gasteiger partial charge on any atom is 0.310 e. The van der Waals surface area contributed by atoms with E-state index >= 15 is 0 Å². The molecule has 0 bridgehead atoms. The number of nitrogens with zero attached hydrogens (tertiary/aromatic N) is 2. The van der Waals surface area contributed by atoms with E-state index in [4.69, 9.17) is 4.74 Å². The molecule has 150 valence electrons. The number of carbonyl (C=O) groups excluding carboxylic acids is 2. The third-order valence-electron chi connectivity index (χ3n) is 4.81. The molecule has 1 aromatic carbocycles. The van der Waals surface area contributed by atoms with Gasteiger partial charge in [-0.3, -0.25) is 9.59 Å². The first-order valence-corrected chi connectivity index (χ1v) is 10.7. The van der Waals surface area contributed by atoms with Crippen LogP contribution >= 0.6 is 0 Å². The Morgan fingerprint density at radius 1 is 1.33 bits per heavy atom. The predicted octanol–water partition coefficient (Wildman–Crippen LogP) is 2.13. The minimum absolute atomic E-state index is 0.0866. The second-order valence-corrected chi connectivity index (χ2v) is 8.98. The van der Waals surface area contributed by atoms with E-state index < -0.39 is 10.0 Å². The van der Waals surface area contributed by atoms with Crippen molar-refractivity contribution >= 4 is 21.9 Å². The van der Waals surface area contributed by atoms with E-state index in [0.717, 1.165) is 0 Å². The average molecular weight is 397 g/mol. The number of rotatable bonds is 6. The molecule has 0 saturated carbocycles. The Kier molecular flexibility index (Phi) is 7.00. The third-order valence-corrected chi connectivity index (χ3v) is 6.84. The highest BCUT2D eigenvalue weighted by atomic mass is 32.2. The predicted molar refractivity (Wildman–Crippen MR) is 102 cm³/mol. The van der Waals surface area contributed by atoms with Gasteiger partial charge in [-0.05, 0) is 51.8 Å². The Morgan fingerprint density at radius 2 is 2.04 bits per heavy atom. The van der Waals surface area contributed by atoms with E-state index in [1.165, 1.54) is 23.5 Å². The standard InChI is InChI=1S/C19H28N2O5S/c1-5-26-19(23)16-9-7-11-21(13-16)18(22)15-8-6-10-17(12-15)27(24,25)20(4)14(2)3/h6,8,10,12,14,16H,5,7,9,11,13H2,1-4H3. The van der Waals surface area contributed by atoms with Crippen molar-refractivity contribution in [3.63, 3.8) is 0 Å². The van der Waals surface area contributed by atoms with Gasteiger partial charge >= 0.3 is 5.97 Å². The fourth-order valence-corrected chi connectivity index (χ4v) is 4.44. The van der Waals surface area contributed by atoms with Crippen LogP contribution in [-0.2, 0) is 19.6 Å². The van der Waals surface area contributed by atoms with Crippen molar-refractivity contribution in [2.24, 2.45) is 5.92 Å². The molecular formula is C19H28N2O5S. The highest BCUT2D eigenvalue weighted by Gasteiger charge is 2.30. The Labute approximate surface area is 161 Å². The second kappa shape index (κ2) is 8.84. The molecule has 1 aromatic rings. The molecule has 1 heterocycles. The normalized spacial score (nSPS) is 18.0. The molecular weight excluding hydrogens is 368 g/mol. The first-order chi connectivity index (χ1) is 12.7. The van der Waals surface area contributed by atoms with Gasteiger partial charge in [-0.15, -0.1) is 0 Å². The number of carbonyl (C=O) groups is 2. The lowest BCUT2D eigenvalue weighted by molar-refractivity contribution is -0.149. The second-order valence-electron chi connectivity index (χ2n) is 6.99. The molecule has 27 heavy (non-hydrogen) atoms. The highest BCUT2D eigenvalue weighted by molar-refractivity contribution is 7.89. The number of amides is 1. The zero-order valence-electron chi connectivity index (χ0n) is 16.3. The Morgan fingerprint density at radius 3 is 2.67 bits per heavy atom. The van der Waals surface area contributed by atoms with E-state index in [2.05, 4.69) is 0 Å². The van der Waals surface area contributed by atoms with E-state index in [0.29, 0.717) is 38.1 Å². The number of piperidine rings is 1. The number of likely N-dealkylation sites (tertiary alicyclic amines) is 1. The van der Waals surface area contributed by atoms with Gasteiger partial charge in [0, 0.05) is 31.7 Å². The zero-order valence-corrected chi connectivity index (χ0v) is 17.2. The maximum absolute atomic E-state index is 12.9. The van der Waals surface area contributed by atoms with Gasteiger partial charge in [0.1, 0.15) is 0 Å². The molecule has 2 rings (SSSR count). The van der Waals surface area contributed by atoms with Crippen LogP contribution in [0.2, 0.25) is 0 Å². The first-order valence-electron chi connectivity index (χ1n) is 9.22. The lowest BCUT2D eigenvalue weighted by Gasteiger charge is -2.31. The summed E-state index contributed by atoms with van der Waals surface area (Å²) in [5, 5.41) is 0. The van der Waals surface area contributed by atoms with Crippen LogP contribution in [0, 0.1) is 5.92 Å². The fourth-order valence-electron chi connectivity index (χ4n) is 3.03. The summed E-state index contributed by atoms with van der Waals surface area (Å²) < 4.78 is 31.7. The summed E-state index contributed by atoms with van der Waals surface area (Å²) in [5.74, 6) is -0.889. The van der Waals surface area contributed by atoms with Crippen molar-refractivity contribution in [1.29, 1.82) is 0 Å². The summed E-state index contributed by atoms with van der Waals surface area (Å²) in [4.78, 5) is 26.5. The molecule has 1 unspecified atom stereocenters. The monoisotopic (exact) mass is 396 g/mol. The zero-order chi connectivity index (χ0) is 20.2. The van der Waals surface area contributed by atoms with E-state index in [1.54, 1.807) is 37.8 Å². The Balaban J connectivity index is 2.21. The molecule has 7 nitrogen and oxygen atoms in total. The van der Waals surface area contributed by atoms with Crippen LogP contribution in [0.3, 0.4) is 0 Å². The van der Waals surface area contributed by atoms with Crippen molar-refractivity contribution in [3.8, 4) is 0 Å². The average Bonchev–Trinajstić information content (AvgIpc) is 2.67. The molecule has 0 radical (unpaired) electrons. The van der Waals surface area contributed by atoms with E-state index in [9.17, 15) is 18.0 Å². The minimum atomic E-state index is -3.67. The molecule has 1 fully saturated rings. The van der Waals surface area contributed by atoms with Gasteiger partial charge in [-0.25, -0.2) is 8.42 Å². The third kappa shape index (κ3) is 4.87. The molecule has 1 aliphatic heterocycles. The van der Waals surface area contributed by atoms with Crippen molar-refractivity contribution in [1.82, 2.24) is 9.21 Å². The van der Waals surface area contributed by atoms with Crippen LogP contribution in [0.5, 0.6) is 0 Å². The number of hydrogen-bond donors (Lipinski definition) is 0. The molecule has 8 heteroatoms. The fraction of sp³-hybridized carbons (Fsp3) is 0.579. The van der Waals surface area contributed by atoms with Gasteiger partial charge in [-0.2, -0.15) is 4.31 Å². The van der Waals surface area contributed by atoms with Gasteiger partial charge in [-0.1, -0.05) is 6.07 Å². The molecule has 1 amide bonds. The van der Waals surface area contributed by atoms with Gasteiger partial charge in [0.05, 0.1) is 17.4 Å². The summed E-state index contributed by atoms with van der Waals surface area (Å²) in [6.45, 7) is 6.47. The minimum Gasteiger partial charge on any atom is -0.466 e. The SMILES string of the molecule is CCOC(=O)C1CCCN(C(=O)c2cccc(S(=O)(=O)N(C)C(C)C)c2)C1. The van der Waals surface area contributed by atoms with Gasteiger partial charge < -0.3 is 9.64 Å². The van der Waals surface area contributed by atoms with Crippen LogP contribution in [-0.4, -0.2) is 62.3 Å². The van der Waals surface area contributed by atoms with Crippen LogP contribution in [0.4, 0.5) is 0 Å². The van der Waals surface area contributed by atoms with Crippen molar-refractivity contribution in [3.05, 3.63) is 29.8 Å². The summed E-state index contributed by atoms with van der Waals surface area (Å²) in [6.07, 6.45) is 1.40. The molecule has 0 aromatic heterocycles. The topological polar surface area (TPSA) is 84.0 Å². The summed E-state index contributed by atoms with van der Waals surface area (Å²) in [6, 6.07) is 5.88. The summed E-state index contributed by atoms with van der Waals surface area (Å²) in [5.41, 5.74) is 0.303. The number of ether oxygens (including phenoxy) is 1. The molecule has 0 N–H and O–H groups in total. The van der Waals surface area contributed by atoms with E-state index in [-0.39, 0.29) is 28.7 Å². The van der Waals surface area contributed by atoms with Crippen LogP contribution in [0.25, 0.3) is 0 Å². The van der Waals surface area contributed by atoms with E-state index in [1.807, 2.05) is 0 Å². The number of sulfonamides is 1. The quantitative estimate of drug-likeness (QED) is 0.688. The van der Waals surface area contributed by atoms with Crippen molar-refractivity contribution in [2.75, 3.05) is 26.7 Å². The molecule has 0 spiro atoms. The molecule has 1 saturated heterocycles. The Hall–Kier alpha value is -1.93. The van der Waals surface area contributed by atoms with Crippen molar-refractivity contribution in [2.45, 2.75) is 44.6 Å². The Bertz CT molecular complexity index is 791. The number of esters is 1. The van der Waals surface area contributed by atoms with Crippen LogP contribution in [0.15, 0.2) is 29.2 Å². The van der Waals surface area contributed by atoms with Gasteiger partial charge in [0.2, 0.25) is 10.0 Å². The molecule has 1 aliphatic rings.